The van der Waals surface area contributed by atoms with E-state index in [1.165, 1.54) is 25.7 Å². The summed E-state index contributed by atoms with van der Waals surface area (Å²) in [7, 11) is 0. The summed E-state index contributed by atoms with van der Waals surface area (Å²) in [4.78, 5) is 12.9. The van der Waals surface area contributed by atoms with Gasteiger partial charge in [-0.1, -0.05) is 50.9 Å². The first-order valence-electron chi connectivity index (χ1n) is 7.79. The number of carbonyl (C=O) groups excluding carboxylic acids is 1. The van der Waals surface area contributed by atoms with Gasteiger partial charge in [0.15, 0.2) is 0 Å². The van der Waals surface area contributed by atoms with E-state index in [9.17, 15) is 4.79 Å². The molecule has 0 saturated carbocycles. The number of thiophene rings is 1. The third-order valence-electron chi connectivity index (χ3n) is 3.21. The molecule has 116 valence electrons. The average Bonchev–Trinajstić information content (AvgIpc) is 2.94. The Labute approximate surface area is 132 Å². The summed E-state index contributed by atoms with van der Waals surface area (Å²) < 4.78 is 0. The minimum Gasteiger partial charge on any atom is -0.351 e. The molecule has 1 rings (SSSR count). The van der Waals surface area contributed by atoms with Gasteiger partial charge in [0.2, 0.25) is 5.91 Å². The number of unbranched alkanes of at least 4 members (excludes halogenated alkanes) is 5. The predicted octanol–water partition coefficient (Wildman–Crippen LogP) is 3.43. The SMILES string of the molecule is CCCCCCCCC(=O)NCc1cc(C#CCN)cs1. The van der Waals surface area contributed by atoms with Crippen molar-refractivity contribution in [2.45, 2.75) is 58.4 Å². The van der Waals surface area contributed by atoms with Crippen LogP contribution in [0.5, 0.6) is 0 Å². The number of hydrogen-bond acceptors (Lipinski definition) is 3. The van der Waals surface area contributed by atoms with Crippen LogP contribution in [0, 0.1) is 11.8 Å². The van der Waals surface area contributed by atoms with Crippen LogP contribution in [0.1, 0.15) is 62.3 Å². The lowest BCUT2D eigenvalue weighted by Crippen LogP contribution is -2.21. The van der Waals surface area contributed by atoms with Crippen molar-refractivity contribution in [3.8, 4) is 11.8 Å². The Kier molecular flexibility index (Phi) is 9.60. The Hall–Kier alpha value is -1.31. The molecule has 0 atom stereocenters. The van der Waals surface area contributed by atoms with Crippen LogP contribution < -0.4 is 11.1 Å². The van der Waals surface area contributed by atoms with Crippen LogP contribution in [0.25, 0.3) is 0 Å². The van der Waals surface area contributed by atoms with E-state index in [-0.39, 0.29) is 5.91 Å². The van der Waals surface area contributed by atoms with Crippen molar-refractivity contribution in [3.63, 3.8) is 0 Å². The molecule has 1 heterocycles. The van der Waals surface area contributed by atoms with Gasteiger partial charge in [-0.25, -0.2) is 0 Å². The molecule has 1 aromatic heterocycles. The topological polar surface area (TPSA) is 55.1 Å². The first-order valence-corrected chi connectivity index (χ1v) is 8.67. The van der Waals surface area contributed by atoms with E-state index in [2.05, 4.69) is 24.1 Å². The zero-order valence-electron chi connectivity index (χ0n) is 12.9. The number of nitrogens with two attached hydrogens (primary N) is 1. The van der Waals surface area contributed by atoms with Crippen LogP contribution in [-0.2, 0) is 11.3 Å². The third-order valence-corrected chi connectivity index (χ3v) is 4.14. The molecule has 0 spiro atoms. The van der Waals surface area contributed by atoms with Crippen LogP contribution in [-0.4, -0.2) is 12.5 Å². The normalized spacial score (nSPS) is 10.0. The molecule has 0 aliphatic carbocycles. The molecule has 1 amide bonds. The molecule has 3 nitrogen and oxygen atoms in total. The fourth-order valence-electron chi connectivity index (χ4n) is 2.03. The number of amides is 1. The lowest BCUT2D eigenvalue weighted by molar-refractivity contribution is -0.121. The lowest BCUT2D eigenvalue weighted by Gasteiger charge is -2.03. The van der Waals surface area contributed by atoms with Crippen molar-refractivity contribution in [1.29, 1.82) is 0 Å². The summed E-state index contributed by atoms with van der Waals surface area (Å²) in [6.07, 6.45) is 7.89. The lowest BCUT2D eigenvalue weighted by atomic mass is 10.1. The van der Waals surface area contributed by atoms with Gasteiger partial charge in [0.05, 0.1) is 13.1 Å². The van der Waals surface area contributed by atoms with Gasteiger partial charge in [0.25, 0.3) is 0 Å². The van der Waals surface area contributed by atoms with Gasteiger partial charge >= 0.3 is 0 Å². The molecule has 0 aromatic carbocycles. The molecule has 0 bridgehead atoms. The minimum absolute atomic E-state index is 0.147. The summed E-state index contributed by atoms with van der Waals surface area (Å²) in [6, 6.07) is 2.01. The Morgan fingerprint density at radius 2 is 2.05 bits per heavy atom. The molecule has 0 unspecified atom stereocenters. The number of hydrogen-bond donors (Lipinski definition) is 2. The molecule has 0 saturated heterocycles. The Morgan fingerprint density at radius 1 is 1.29 bits per heavy atom. The van der Waals surface area contributed by atoms with Crippen LogP contribution in [0.3, 0.4) is 0 Å². The highest BCUT2D eigenvalue weighted by atomic mass is 32.1. The van der Waals surface area contributed by atoms with E-state index >= 15 is 0 Å². The summed E-state index contributed by atoms with van der Waals surface area (Å²) in [5.74, 6) is 5.97. The summed E-state index contributed by atoms with van der Waals surface area (Å²) in [5.41, 5.74) is 6.32. The second-order valence-electron chi connectivity index (χ2n) is 5.10. The van der Waals surface area contributed by atoms with E-state index in [0.29, 0.717) is 19.5 Å². The largest absolute Gasteiger partial charge is 0.351 e. The third kappa shape index (κ3) is 8.54. The van der Waals surface area contributed by atoms with E-state index < -0.39 is 0 Å². The quantitative estimate of drug-likeness (QED) is 0.542. The standard InChI is InChI=1S/C17H26N2OS/c1-2-3-4-5-6-7-10-17(20)19-13-16-12-15(14-21-16)9-8-11-18/h12,14H,2-7,10-11,13,18H2,1H3,(H,19,20). The number of rotatable bonds is 9. The first-order chi connectivity index (χ1) is 10.3. The van der Waals surface area contributed by atoms with Crippen molar-refractivity contribution in [2.75, 3.05) is 6.54 Å². The minimum atomic E-state index is 0.147. The maximum Gasteiger partial charge on any atom is 0.220 e. The van der Waals surface area contributed by atoms with Crippen molar-refractivity contribution < 1.29 is 4.79 Å². The molecule has 0 fully saturated rings. The highest BCUT2D eigenvalue weighted by molar-refractivity contribution is 7.10. The zero-order chi connectivity index (χ0) is 15.3. The van der Waals surface area contributed by atoms with Gasteiger partial charge in [-0.3, -0.25) is 4.79 Å². The van der Waals surface area contributed by atoms with Crippen LogP contribution in [0.2, 0.25) is 0 Å². The second kappa shape index (κ2) is 11.4. The van der Waals surface area contributed by atoms with E-state index in [0.717, 1.165) is 23.3 Å². The van der Waals surface area contributed by atoms with Gasteiger partial charge in [-0.05, 0) is 12.5 Å². The smallest absolute Gasteiger partial charge is 0.220 e. The second-order valence-corrected chi connectivity index (χ2v) is 6.10. The fraction of sp³-hybridized carbons (Fsp3) is 0.588. The van der Waals surface area contributed by atoms with Gasteiger partial charge in [0, 0.05) is 22.2 Å². The van der Waals surface area contributed by atoms with Gasteiger partial charge in [-0.15, -0.1) is 11.3 Å². The molecule has 0 aliphatic heterocycles. The van der Waals surface area contributed by atoms with Crippen LogP contribution >= 0.6 is 11.3 Å². The zero-order valence-corrected chi connectivity index (χ0v) is 13.7. The monoisotopic (exact) mass is 306 g/mol. The predicted molar refractivity (Wildman–Crippen MR) is 90.1 cm³/mol. The molecule has 0 aliphatic rings. The Morgan fingerprint density at radius 3 is 2.81 bits per heavy atom. The van der Waals surface area contributed by atoms with E-state index in [1.807, 2.05) is 11.4 Å². The molecule has 0 radical (unpaired) electrons. The van der Waals surface area contributed by atoms with Crippen molar-refractivity contribution >= 4 is 17.2 Å². The van der Waals surface area contributed by atoms with Crippen LogP contribution in [0.4, 0.5) is 0 Å². The summed E-state index contributed by atoms with van der Waals surface area (Å²) >= 11 is 1.62. The van der Waals surface area contributed by atoms with Gasteiger partial charge < -0.3 is 11.1 Å². The highest BCUT2D eigenvalue weighted by Gasteiger charge is 2.03. The van der Waals surface area contributed by atoms with Crippen LogP contribution in [0.15, 0.2) is 11.4 Å². The summed E-state index contributed by atoms with van der Waals surface area (Å²) in [6.45, 7) is 3.19. The van der Waals surface area contributed by atoms with Crippen molar-refractivity contribution in [2.24, 2.45) is 5.73 Å². The number of carbonyl (C=O) groups is 1. The van der Waals surface area contributed by atoms with E-state index in [4.69, 9.17) is 5.73 Å². The molecular weight excluding hydrogens is 280 g/mol. The Bertz CT molecular complexity index is 471. The maximum absolute atomic E-state index is 11.7. The number of nitrogens with one attached hydrogen (secondary N) is 1. The Balaban J connectivity index is 2.13. The van der Waals surface area contributed by atoms with Gasteiger partial charge in [-0.2, -0.15) is 0 Å². The molecule has 1 aromatic rings. The average molecular weight is 306 g/mol. The first kappa shape index (κ1) is 17.7. The molecule has 3 N–H and O–H groups in total. The fourth-order valence-corrected chi connectivity index (χ4v) is 2.79. The van der Waals surface area contributed by atoms with E-state index in [1.54, 1.807) is 11.3 Å². The summed E-state index contributed by atoms with van der Waals surface area (Å²) in [5, 5.41) is 4.97. The molecular formula is C17H26N2OS. The highest BCUT2D eigenvalue weighted by Crippen LogP contribution is 2.13. The molecule has 21 heavy (non-hydrogen) atoms. The maximum atomic E-state index is 11.7. The molecule has 4 heteroatoms. The van der Waals surface area contributed by atoms with Crippen molar-refractivity contribution in [3.05, 3.63) is 21.9 Å². The van der Waals surface area contributed by atoms with Crippen molar-refractivity contribution in [1.82, 2.24) is 5.32 Å². The van der Waals surface area contributed by atoms with Gasteiger partial charge in [0.1, 0.15) is 0 Å².